The van der Waals surface area contributed by atoms with Crippen LogP contribution < -0.4 is 5.73 Å². The number of sulfone groups is 1. The average molecular weight is 318 g/mol. The average Bonchev–Trinajstić information content (AvgIpc) is 2.65. The van der Waals surface area contributed by atoms with Gasteiger partial charge in [-0.25, -0.2) is 8.42 Å². The molecule has 122 valence electrons. The van der Waals surface area contributed by atoms with Crippen LogP contribution in [0.5, 0.6) is 0 Å². The zero-order valence-corrected chi connectivity index (χ0v) is 13.2. The zero-order chi connectivity index (χ0) is 15.5. The van der Waals surface area contributed by atoms with Gasteiger partial charge in [-0.15, -0.1) is 0 Å². The molecule has 3 atom stereocenters. The summed E-state index contributed by atoms with van der Waals surface area (Å²) in [6.07, 6.45) is 5.20. The minimum absolute atomic E-state index is 0.0146. The molecule has 6 nitrogen and oxygen atoms in total. The molecule has 2 aliphatic rings. The molecule has 1 saturated heterocycles. The van der Waals surface area contributed by atoms with E-state index in [2.05, 4.69) is 0 Å². The SMILES string of the molecule is NC1CCCCCC1C(=O)N(CCO)C1CCS(=O)(=O)C1. The monoisotopic (exact) mass is 318 g/mol. The Hall–Kier alpha value is -0.660. The number of hydrogen-bond donors (Lipinski definition) is 2. The molecular formula is C14H26N2O4S. The lowest BCUT2D eigenvalue weighted by atomic mass is 9.93. The fourth-order valence-electron chi connectivity index (χ4n) is 3.46. The fraction of sp³-hybridized carbons (Fsp3) is 0.929. The molecule has 0 aromatic rings. The first-order chi connectivity index (χ1) is 9.94. The van der Waals surface area contributed by atoms with Crippen molar-refractivity contribution in [2.45, 2.75) is 50.6 Å². The third kappa shape index (κ3) is 4.17. The van der Waals surface area contributed by atoms with Crippen LogP contribution in [0.1, 0.15) is 38.5 Å². The molecule has 2 rings (SSSR count). The molecular weight excluding hydrogens is 292 g/mol. The smallest absolute Gasteiger partial charge is 0.227 e. The van der Waals surface area contributed by atoms with Crippen molar-refractivity contribution in [1.29, 1.82) is 0 Å². The second-order valence-corrected chi connectivity index (χ2v) is 8.45. The highest BCUT2D eigenvalue weighted by atomic mass is 32.2. The minimum Gasteiger partial charge on any atom is -0.395 e. The Morgan fingerprint density at radius 2 is 1.90 bits per heavy atom. The first kappa shape index (κ1) is 16.7. The molecule has 0 spiro atoms. The Morgan fingerprint density at radius 3 is 2.52 bits per heavy atom. The number of amides is 1. The highest BCUT2D eigenvalue weighted by molar-refractivity contribution is 7.91. The highest BCUT2D eigenvalue weighted by Gasteiger charge is 2.38. The van der Waals surface area contributed by atoms with Gasteiger partial charge in [0.05, 0.1) is 24.0 Å². The van der Waals surface area contributed by atoms with E-state index < -0.39 is 9.84 Å². The molecule has 1 amide bonds. The van der Waals surface area contributed by atoms with Gasteiger partial charge in [-0.3, -0.25) is 4.79 Å². The van der Waals surface area contributed by atoms with E-state index >= 15 is 0 Å². The number of hydrogen-bond acceptors (Lipinski definition) is 5. The van der Waals surface area contributed by atoms with Gasteiger partial charge in [0.1, 0.15) is 0 Å². The summed E-state index contributed by atoms with van der Waals surface area (Å²) in [5.74, 6) is -0.160. The van der Waals surface area contributed by atoms with Crippen molar-refractivity contribution < 1.29 is 18.3 Å². The van der Waals surface area contributed by atoms with E-state index in [-0.39, 0.29) is 48.6 Å². The maximum atomic E-state index is 12.8. The van der Waals surface area contributed by atoms with Gasteiger partial charge in [-0.2, -0.15) is 0 Å². The van der Waals surface area contributed by atoms with E-state index in [0.717, 1.165) is 32.1 Å². The Bertz CT molecular complexity index is 466. The Balaban J connectivity index is 2.11. The molecule has 1 aliphatic heterocycles. The molecule has 1 aliphatic carbocycles. The largest absolute Gasteiger partial charge is 0.395 e. The molecule has 2 fully saturated rings. The van der Waals surface area contributed by atoms with Crippen molar-refractivity contribution in [1.82, 2.24) is 4.90 Å². The molecule has 0 bridgehead atoms. The molecule has 3 unspecified atom stereocenters. The van der Waals surface area contributed by atoms with Crippen LogP contribution in [0.4, 0.5) is 0 Å². The molecule has 21 heavy (non-hydrogen) atoms. The number of rotatable bonds is 4. The maximum Gasteiger partial charge on any atom is 0.227 e. The van der Waals surface area contributed by atoms with Crippen molar-refractivity contribution in [2.75, 3.05) is 24.7 Å². The lowest BCUT2D eigenvalue weighted by molar-refractivity contribution is -0.139. The number of nitrogens with zero attached hydrogens (tertiary/aromatic N) is 1. The number of aliphatic hydroxyl groups excluding tert-OH is 1. The Labute approximate surface area is 126 Å². The molecule has 7 heteroatoms. The van der Waals surface area contributed by atoms with E-state index in [9.17, 15) is 18.3 Å². The zero-order valence-electron chi connectivity index (χ0n) is 12.4. The summed E-state index contributed by atoms with van der Waals surface area (Å²) in [4.78, 5) is 14.4. The second-order valence-electron chi connectivity index (χ2n) is 6.22. The van der Waals surface area contributed by atoms with Crippen LogP contribution in [-0.2, 0) is 14.6 Å². The normalized spacial score (nSPS) is 32.6. The predicted molar refractivity (Wildman–Crippen MR) is 80.4 cm³/mol. The third-order valence-corrected chi connectivity index (χ3v) is 6.41. The standard InChI is InChI=1S/C14H26N2O4S/c15-13-5-3-1-2-4-12(13)14(18)16(7-8-17)11-6-9-21(19,20)10-11/h11-13,17H,1-10,15H2. The molecule has 0 radical (unpaired) electrons. The molecule has 0 aromatic heterocycles. The Morgan fingerprint density at radius 1 is 1.19 bits per heavy atom. The summed E-state index contributed by atoms with van der Waals surface area (Å²) in [7, 11) is -3.05. The van der Waals surface area contributed by atoms with Crippen molar-refractivity contribution in [2.24, 2.45) is 11.7 Å². The van der Waals surface area contributed by atoms with Crippen molar-refractivity contribution in [3.63, 3.8) is 0 Å². The first-order valence-corrected chi connectivity index (χ1v) is 9.64. The van der Waals surface area contributed by atoms with Gasteiger partial charge < -0.3 is 15.7 Å². The van der Waals surface area contributed by atoms with Gasteiger partial charge in [-0.1, -0.05) is 19.3 Å². The van der Waals surface area contributed by atoms with Crippen LogP contribution in [0, 0.1) is 5.92 Å². The van der Waals surface area contributed by atoms with Crippen molar-refractivity contribution in [3.05, 3.63) is 0 Å². The number of carbonyl (C=O) groups is 1. The summed E-state index contributed by atoms with van der Waals surface area (Å²) < 4.78 is 23.3. The summed E-state index contributed by atoms with van der Waals surface area (Å²) >= 11 is 0. The minimum atomic E-state index is -3.05. The summed E-state index contributed by atoms with van der Waals surface area (Å²) in [5, 5.41) is 9.22. The summed E-state index contributed by atoms with van der Waals surface area (Å²) in [5.41, 5.74) is 6.14. The van der Waals surface area contributed by atoms with E-state index in [1.807, 2.05) is 0 Å². The van der Waals surface area contributed by atoms with Crippen LogP contribution in [0.25, 0.3) is 0 Å². The van der Waals surface area contributed by atoms with Crippen LogP contribution >= 0.6 is 0 Å². The van der Waals surface area contributed by atoms with Gasteiger partial charge in [0.25, 0.3) is 0 Å². The number of nitrogens with two attached hydrogens (primary N) is 1. The topological polar surface area (TPSA) is 101 Å². The lowest BCUT2D eigenvalue weighted by Crippen LogP contribution is -2.49. The van der Waals surface area contributed by atoms with E-state index in [0.29, 0.717) is 6.42 Å². The highest BCUT2D eigenvalue weighted by Crippen LogP contribution is 2.27. The van der Waals surface area contributed by atoms with E-state index in [1.54, 1.807) is 4.90 Å². The second kappa shape index (κ2) is 7.07. The van der Waals surface area contributed by atoms with Gasteiger partial charge in [0.2, 0.25) is 5.91 Å². The van der Waals surface area contributed by atoms with Crippen LogP contribution in [0.2, 0.25) is 0 Å². The summed E-state index contributed by atoms with van der Waals surface area (Å²) in [6.45, 7) is 0.0481. The third-order valence-electron chi connectivity index (χ3n) is 4.66. The van der Waals surface area contributed by atoms with Gasteiger partial charge in [-0.05, 0) is 19.3 Å². The Kier molecular flexibility index (Phi) is 5.62. The molecule has 1 heterocycles. The van der Waals surface area contributed by atoms with Crippen LogP contribution in [0.3, 0.4) is 0 Å². The summed E-state index contributed by atoms with van der Waals surface area (Å²) in [6, 6.07) is -0.454. The lowest BCUT2D eigenvalue weighted by Gasteiger charge is -2.33. The fourth-order valence-corrected chi connectivity index (χ4v) is 5.19. The molecule has 1 saturated carbocycles. The van der Waals surface area contributed by atoms with Crippen LogP contribution in [-0.4, -0.2) is 61.1 Å². The molecule has 3 N–H and O–H groups in total. The van der Waals surface area contributed by atoms with E-state index in [1.165, 1.54) is 0 Å². The predicted octanol–water partition coefficient (Wildman–Crippen LogP) is -0.0980. The first-order valence-electron chi connectivity index (χ1n) is 7.82. The van der Waals surface area contributed by atoms with Gasteiger partial charge in [0, 0.05) is 18.6 Å². The molecule has 0 aromatic carbocycles. The number of aliphatic hydroxyl groups is 1. The van der Waals surface area contributed by atoms with E-state index in [4.69, 9.17) is 5.73 Å². The number of carbonyl (C=O) groups excluding carboxylic acids is 1. The van der Waals surface area contributed by atoms with Crippen molar-refractivity contribution >= 4 is 15.7 Å². The van der Waals surface area contributed by atoms with Gasteiger partial charge >= 0.3 is 0 Å². The maximum absolute atomic E-state index is 12.8. The van der Waals surface area contributed by atoms with Crippen LogP contribution in [0.15, 0.2) is 0 Å². The van der Waals surface area contributed by atoms with Gasteiger partial charge in [0.15, 0.2) is 9.84 Å². The van der Waals surface area contributed by atoms with Crippen molar-refractivity contribution in [3.8, 4) is 0 Å². The quantitative estimate of drug-likeness (QED) is 0.705.